The van der Waals surface area contributed by atoms with Gasteiger partial charge in [-0.05, 0) is 49.9 Å². The lowest BCUT2D eigenvalue weighted by Crippen LogP contribution is -2.44. The summed E-state index contributed by atoms with van der Waals surface area (Å²) in [7, 11) is -3.19. The highest BCUT2D eigenvalue weighted by atomic mass is 32.2. The first kappa shape index (κ1) is 17.7. The van der Waals surface area contributed by atoms with E-state index in [1.54, 1.807) is 12.1 Å². The molecule has 0 amide bonds. The summed E-state index contributed by atoms with van der Waals surface area (Å²) in [4.78, 5) is 4.86. The normalized spacial score (nSPS) is 23.2. The fourth-order valence-electron chi connectivity index (χ4n) is 4.01. The number of nitrogens with zero attached hydrogens (tertiary/aromatic N) is 2. The lowest BCUT2D eigenvalue weighted by atomic mass is 9.84. The van der Waals surface area contributed by atoms with Crippen LogP contribution in [0.3, 0.4) is 0 Å². The molecule has 2 aliphatic rings. The van der Waals surface area contributed by atoms with Crippen LogP contribution in [-0.4, -0.2) is 49.6 Å². The van der Waals surface area contributed by atoms with Crippen LogP contribution in [-0.2, 0) is 19.3 Å². The quantitative estimate of drug-likeness (QED) is 0.824. The summed E-state index contributed by atoms with van der Waals surface area (Å²) in [5.74, 6) is 0.874. The van der Waals surface area contributed by atoms with Crippen molar-refractivity contribution in [3.8, 4) is 11.4 Å². The second-order valence-electron chi connectivity index (χ2n) is 7.25. The molecule has 2 aliphatic heterocycles. The Kier molecular flexibility index (Phi) is 4.62. The largest absolute Gasteiger partial charge is 0.381 e. The highest BCUT2D eigenvalue weighted by Crippen LogP contribution is 2.40. The standard InChI is InChI=1S/C19H24N2O4S/c1-26(22,23)17-4-2-15(3-5-17)18-20-9-10-21(18)16-6-11-25-19(14-16)7-12-24-13-8-19/h2-5,9-10,16H,6-8,11-14H2,1H3. The maximum absolute atomic E-state index is 11.7. The van der Waals surface area contributed by atoms with E-state index >= 15 is 0 Å². The van der Waals surface area contributed by atoms with Gasteiger partial charge in [-0.1, -0.05) is 0 Å². The van der Waals surface area contributed by atoms with Crippen LogP contribution in [0.4, 0.5) is 0 Å². The lowest BCUT2D eigenvalue weighted by Gasteiger charge is -2.43. The van der Waals surface area contributed by atoms with Crippen LogP contribution in [0.2, 0.25) is 0 Å². The topological polar surface area (TPSA) is 70.4 Å². The van der Waals surface area contributed by atoms with Crippen molar-refractivity contribution in [3.63, 3.8) is 0 Å². The van der Waals surface area contributed by atoms with Crippen molar-refractivity contribution in [2.75, 3.05) is 26.1 Å². The van der Waals surface area contributed by atoms with E-state index in [1.807, 2.05) is 24.5 Å². The molecule has 6 nitrogen and oxygen atoms in total. The first-order valence-corrected chi connectivity index (χ1v) is 10.9. The third kappa shape index (κ3) is 3.43. The predicted octanol–water partition coefficient (Wildman–Crippen LogP) is 2.85. The van der Waals surface area contributed by atoms with Gasteiger partial charge in [0.1, 0.15) is 5.82 Å². The zero-order chi connectivity index (χ0) is 18.2. The van der Waals surface area contributed by atoms with E-state index in [2.05, 4.69) is 9.55 Å². The first-order chi connectivity index (χ1) is 12.5. The van der Waals surface area contributed by atoms with Crippen molar-refractivity contribution >= 4 is 9.84 Å². The van der Waals surface area contributed by atoms with Crippen LogP contribution in [0.1, 0.15) is 31.7 Å². The fourth-order valence-corrected chi connectivity index (χ4v) is 4.64. The van der Waals surface area contributed by atoms with Crippen molar-refractivity contribution in [1.82, 2.24) is 9.55 Å². The van der Waals surface area contributed by atoms with E-state index in [1.165, 1.54) is 6.26 Å². The van der Waals surface area contributed by atoms with E-state index in [-0.39, 0.29) is 5.60 Å². The second-order valence-corrected chi connectivity index (χ2v) is 9.26. The van der Waals surface area contributed by atoms with E-state index in [4.69, 9.17) is 9.47 Å². The van der Waals surface area contributed by atoms with Gasteiger partial charge < -0.3 is 14.0 Å². The van der Waals surface area contributed by atoms with Crippen LogP contribution < -0.4 is 0 Å². The molecule has 2 aromatic rings. The molecule has 0 N–H and O–H groups in total. The molecule has 0 bridgehead atoms. The van der Waals surface area contributed by atoms with Crippen molar-refractivity contribution < 1.29 is 17.9 Å². The minimum Gasteiger partial charge on any atom is -0.381 e. The Labute approximate surface area is 154 Å². The van der Waals surface area contributed by atoms with Gasteiger partial charge in [-0.25, -0.2) is 13.4 Å². The van der Waals surface area contributed by atoms with Crippen LogP contribution >= 0.6 is 0 Å². The molecule has 1 atom stereocenters. The summed E-state index contributed by atoms with van der Waals surface area (Å²) >= 11 is 0. The molecule has 0 aliphatic carbocycles. The second kappa shape index (κ2) is 6.79. The third-order valence-corrected chi connectivity index (χ3v) is 6.60. The molecule has 2 saturated heterocycles. The van der Waals surface area contributed by atoms with E-state index in [0.717, 1.165) is 56.9 Å². The Morgan fingerprint density at radius 3 is 2.58 bits per heavy atom. The van der Waals surface area contributed by atoms with Gasteiger partial charge in [0.05, 0.1) is 10.5 Å². The molecule has 2 fully saturated rings. The number of hydrogen-bond donors (Lipinski definition) is 0. The average Bonchev–Trinajstić information content (AvgIpc) is 3.12. The Morgan fingerprint density at radius 1 is 1.15 bits per heavy atom. The smallest absolute Gasteiger partial charge is 0.175 e. The van der Waals surface area contributed by atoms with Gasteiger partial charge in [0, 0.05) is 50.1 Å². The highest BCUT2D eigenvalue weighted by molar-refractivity contribution is 7.90. The number of hydrogen-bond acceptors (Lipinski definition) is 5. The Balaban J connectivity index is 1.60. The lowest BCUT2D eigenvalue weighted by molar-refractivity contribution is -0.144. The van der Waals surface area contributed by atoms with Gasteiger partial charge in [0.15, 0.2) is 9.84 Å². The van der Waals surface area contributed by atoms with E-state index in [9.17, 15) is 8.42 Å². The summed E-state index contributed by atoms with van der Waals surface area (Å²) in [5, 5.41) is 0. The fraction of sp³-hybridized carbons (Fsp3) is 0.526. The molecular weight excluding hydrogens is 352 g/mol. The number of sulfone groups is 1. The monoisotopic (exact) mass is 376 g/mol. The van der Waals surface area contributed by atoms with Gasteiger partial charge in [0.25, 0.3) is 0 Å². The van der Waals surface area contributed by atoms with Crippen molar-refractivity contribution in [2.45, 2.75) is 42.2 Å². The molecule has 140 valence electrons. The number of ether oxygens (including phenoxy) is 2. The molecule has 1 unspecified atom stereocenters. The maximum atomic E-state index is 11.7. The summed E-state index contributed by atoms with van der Waals surface area (Å²) in [6.07, 6.45) is 8.84. The minimum absolute atomic E-state index is 0.0805. The molecule has 1 aromatic carbocycles. The number of imidazole rings is 1. The van der Waals surface area contributed by atoms with Crippen molar-refractivity contribution in [1.29, 1.82) is 0 Å². The zero-order valence-corrected chi connectivity index (χ0v) is 15.7. The van der Waals surface area contributed by atoms with Gasteiger partial charge >= 0.3 is 0 Å². The number of aromatic nitrogens is 2. The van der Waals surface area contributed by atoms with E-state index in [0.29, 0.717) is 10.9 Å². The maximum Gasteiger partial charge on any atom is 0.175 e. The van der Waals surface area contributed by atoms with Gasteiger partial charge in [-0.3, -0.25) is 0 Å². The zero-order valence-electron chi connectivity index (χ0n) is 14.9. The highest BCUT2D eigenvalue weighted by Gasteiger charge is 2.40. The van der Waals surface area contributed by atoms with Crippen LogP contribution in [0.5, 0.6) is 0 Å². The van der Waals surface area contributed by atoms with Gasteiger partial charge in [-0.15, -0.1) is 0 Å². The SMILES string of the molecule is CS(=O)(=O)c1ccc(-c2nccn2C2CCOC3(CCOCC3)C2)cc1. The molecule has 3 heterocycles. The van der Waals surface area contributed by atoms with Crippen LogP contribution in [0.15, 0.2) is 41.6 Å². The minimum atomic E-state index is -3.19. The molecule has 1 aromatic heterocycles. The van der Waals surface area contributed by atoms with Crippen LogP contribution in [0, 0.1) is 0 Å². The summed E-state index contributed by atoms with van der Waals surface area (Å²) in [5.41, 5.74) is 0.845. The molecule has 4 rings (SSSR count). The number of benzene rings is 1. The summed E-state index contributed by atoms with van der Waals surface area (Å²) in [6, 6.07) is 7.28. The predicted molar refractivity (Wildman–Crippen MR) is 97.8 cm³/mol. The average molecular weight is 376 g/mol. The van der Waals surface area contributed by atoms with Crippen LogP contribution in [0.25, 0.3) is 11.4 Å². The first-order valence-electron chi connectivity index (χ1n) is 9.02. The Morgan fingerprint density at radius 2 is 1.88 bits per heavy atom. The Hall–Kier alpha value is -1.70. The molecular formula is C19H24N2O4S. The summed E-state index contributed by atoms with van der Waals surface area (Å²) in [6.45, 7) is 2.27. The molecule has 1 spiro atoms. The number of rotatable bonds is 3. The van der Waals surface area contributed by atoms with E-state index < -0.39 is 9.84 Å². The molecule has 0 radical (unpaired) electrons. The summed E-state index contributed by atoms with van der Waals surface area (Å²) < 4.78 is 37.2. The molecule has 0 saturated carbocycles. The third-order valence-electron chi connectivity index (χ3n) is 5.47. The van der Waals surface area contributed by atoms with Gasteiger partial charge in [0.2, 0.25) is 0 Å². The van der Waals surface area contributed by atoms with Crippen molar-refractivity contribution in [2.24, 2.45) is 0 Å². The van der Waals surface area contributed by atoms with Crippen molar-refractivity contribution in [3.05, 3.63) is 36.7 Å². The van der Waals surface area contributed by atoms with Gasteiger partial charge in [-0.2, -0.15) is 0 Å². The molecule has 26 heavy (non-hydrogen) atoms. The Bertz CT molecular complexity index is 862. The molecule has 7 heteroatoms.